The van der Waals surface area contributed by atoms with E-state index in [0.717, 1.165) is 36.6 Å². The van der Waals surface area contributed by atoms with Crippen LogP contribution in [0.3, 0.4) is 0 Å². The van der Waals surface area contributed by atoms with E-state index in [4.69, 9.17) is 9.84 Å². The highest BCUT2D eigenvalue weighted by Gasteiger charge is 2.20. The maximum absolute atomic E-state index is 5.27. The van der Waals surface area contributed by atoms with Gasteiger partial charge >= 0.3 is 0 Å². The largest absolute Gasteiger partial charge is 0.497 e. The van der Waals surface area contributed by atoms with Crippen LogP contribution in [-0.4, -0.2) is 23.4 Å². The molecule has 26 heavy (non-hydrogen) atoms. The van der Waals surface area contributed by atoms with Crippen molar-refractivity contribution in [3.63, 3.8) is 0 Å². The Kier molecular flexibility index (Phi) is 4.65. The van der Waals surface area contributed by atoms with Crippen LogP contribution in [0.1, 0.15) is 35.2 Å². The van der Waals surface area contributed by atoms with Crippen molar-refractivity contribution in [1.29, 1.82) is 0 Å². The molecule has 0 fully saturated rings. The molecule has 0 bridgehead atoms. The molecule has 0 spiro atoms. The number of fused-ring (bicyclic) bond motifs is 1. The normalized spacial score (nSPS) is 13.6. The monoisotopic (exact) mass is 347 g/mol. The molecule has 0 radical (unpaired) electrons. The summed E-state index contributed by atoms with van der Waals surface area (Å²) in [6.45, 7) is 3.13. The summed E-state index contributed by atoms with van der Waals surface area (Å²) < 4.78 is 7.36. The zero-order chi connectivity index (χ0) is 17.9. The first-order chi connectivity index (χ1) is 12.7. The average Bonchev–Trinajstić information content (AvgIpc) is 2.83. The maximum atomic E-state index is 5.27. The van der Waals surface area contributed by atoms with Crippen LogP contribution in [-0.2, 0) is 12.8 Å². The number of hydrogen-bond acceptors (Lipinski definition) is 3. The number of rotatable bonds is 4. The molecule has 2 heterocycles. The Bertz CT molecular complexity index is 896. The molecule has 1 aliphatic heterocycles. The molecular weight excluding hydrogens is 322 g/mol. The second-order valence-electron chi connectivity index (χ2n) is 6.93. The van der Waals surface area contributed by atoms with Gasteiger partial charge < -0.3 is 10.1 Å². The number of ether oxygens (including phenoxy) is 1. The minimum absolute atomic E-state index is 0.840. The van der Waals surface area contributed by atoms with Gasteiger partial charge in [0.25, 0.3) is 0 Å². The van der Waals surface area contributed by atoms with Gasteiger partial charge in [-0.3, -0.25) is 0 Å². The van der Waals surface area contributed by atoms with Crippen molar-refractivity contribution >= 4 is 5.82 Å². The van der Waals surface area contributed by atoms with Crippen LogP contribution in [0.4, 0.5) is 5.82 Å². The van der Waals surface area contributed by atoms with Crippen LogP contribution in [0.15, 0.2) is 48.5 Å². The number of benzene rings is 2. The molecule has 0 saturated heterocycles. The molecule has 3 aromatic rings. The van der Waals surface area contributed by atoms with E-state index in [-0.39, 0.29) is 0 Å². The predicted molar refractivity (Wildman–Crippen MR) is 106 cm³/mol. The SMILES string of the molecule is COc1ccc(Cc2nn(-c3cccc(C)c3)c3c2CCCCN3)cc1. The van der Waals surface area contributed by atoms with Crippen molar-refractivity contribution in [2.24, 2.45) is 0 Å². The maximum Gasteiger partial charge on any atom is 0.133 e. The lowest BCUT2D eigenvalue weighted by Crippen LogP contribution is -2.07. The number of aryl methyl sites for hydroxylation is 1. The molecule has 0 unspecified atom stereocenters. The van der Waals surface area contributed by atoms with Crippen molar-refractivity contribution in [1.82, 2.24) is 9.78 Å². The fourth-order valence-corrected chi connectivity index (χ4v) is 3.60. The number of nitrogens with one attached hydrogen (secondary N) is 1. The first-order valence-electron chi connectivity index (χ1n) is 9.29. The number of hydrogen-bond donors (Lipinski definition) is 1. The van der Waals surface area contributed by atoms with E-state index in [1.165, 1.54) is 35.2 Å². The summed E-state index contributed by atoms with van der Waals surface area (Å²) in [5.74, 6) is 2.05. The zero-order valence-electron chi connectivity index (χ0n) is 15.5. The van der Waals surface area contributed by atoms with E-state index >= 15 is 0 Å². The lowest BCUT2D eigenvalue weighted by molar-refractivity contribution is 0.414. The minimum atomic E-state index is 0.840. The van der Waals surface area contributed by atoms with Gasteiger partial charge in [-0.15, -0.1) is 0 Å². The Morgan fingerprint density at radius 2 is 1.96 bits per heavy atom. The molecule has 1 aliphatic rings. The van der Waals surface area contributed by atoms with E-state index in [9.17, 15) is 0 Å². The highest BCUT2D eigenvalue weighted by atomic mass is 16.5. The summed E-state index contributed by atoms with van der Waals surface area (Å²) in [5.41, 5.74) is 6.15. The third-order valence-electron chi connectivity index (χ3n) is 4.99. The first kappa shape index (κ1) is 16.7. The standard InChI is InChI=1S/C22H25N3O/c1-16-6-5-7-18(14-16)25-22-20(8-3-4-13-23-22)21(24-25)15-17-9-11-19(26-2)12-10-17/h5-7,9-12,14,23H,3-4,8,13,15H2,1-2H3. The number of methoxy groups -OCH3 is 1. The molecule has 4 nitrogen and oxygen atoms in total. The van der Waals surface area contributed by atoms with Crippen LogP contribution in [0.2, 0.25) is 0 Å². The van der Waals surface area contributed by atoms with E-state index < -0.39 is 0 Å². The molecule has 1 aromatic heterocycles. The van der Waals surface area contributed by atoms with Crippen molar-refractivity contribution in [2.75, 3.05) is 19.0 Å². The van der Waals surface area contributed by atoms with Crippen LogP contribution in [0.25, 0.3) is 5.69 Å². The van der Waals surface area contributed by atoms with Crippen molar-refractivity contribution in [2.45, 2.75) is 32.6 Å². The van der Waals surface area contributed by atoms with Crippen molar-refractivity contribution in [3.05, 3.63) is 70.9 Å². The van der Waals surface area contributed by atoms with Crippen molar-refractivity contribution in [3.8, 4) is 11.4 Å². The van der Waals surface area contributed by atoms with Gasteiger partial charge in [0.05, 0.1) is 18.5 Å². The predicted octanol–water partition coefficient (Wildman–Crippen LogP) is 4.53. The van der Waals surface area contributed by atoms with Gasteiger partial charge in [-0.25, -0.2) is 4.68 Å². The molecule has 0 atom stereocenters. The molecular formula is C22H25N3O. The fraction of sp³-hybridized carbons (Fsp3) is 0.318. The minimum Gasteiger partial charge on any atom is -0.497 e. The first-order valence-corrected chi connectivity index (χ1v) is 9.29. The molecule has 4 rings (SSSR count). The molecule has 2 aromatic carbocycles. The topological polar surface area (TPSA) is 39.1 Å². The zero-order valence-corrected chi connectivity index (χ0v) is 15.5. The quantitative estimate of drug-likeness (QED) is 0.754. The Morgan fingerprint density at radius 3 is 2.73 bits per heavy atom. The van der Waals surface area contributed by atoms with E-state index in [0.29, 0.717) is 0 Å². The van der Waals surface area contributed by atoms with Gasteiger partial charge in [-0.05, 0) is 61.6 Å². The van der Waals surface area contributed by atoms with Gasteiger partial charge in [0.2, 0.25) is 0 Å². The third kappa shape index (κ3) is 3.32. The van der Waals surface area contributed by atoms with E-state index in [1.54, 1.807) is 7.11 Å². The molecule has 0 aliphatic carbocycles. The second kappa shape index (κ2) is 7.24. The van der Waals surface area contributed by atoms with Gasteiger partial charge in [0.15, 0.2) is 0 Å². The highest BCUT2D eigenvalue weighted by Crippen LogP contribution is 2.30. The second-order valence-corrected chi connectivity index (χ2v) is 6.93. The summed E-state index contributed by atoms with van der Waals surface area (Å²) in [6.07, 6.45) is 4.33. The molecule has 4 heteroatoms. The van der Waals surface area contributed by atoms with Gasteiger partial charge in [0, 0.05) is 18.5 Å². The Balaban J connectivity index is 1.74. The Morgan fingerprint density at radius 1 is 1.12 bits per heavy atom. The number of nitrogens with zero attached hydrogens (tertiary/aromatic N) is 2. The van der Waals surface area contributed by atoms with Crippen LogP contribution < -0.4 is 10.1 Å². The third-order valence-corrected chi connectivity index (χ3v) is 4.99. The van der Waals surface area contributed by atoms with Gasteiger partial charge in [-0.2, -0.15) is 5.10 Å². The number of anilines is 1. The summed E-state index contributed by atoms with van der Waals surface area (Å²) in [7, 11) is 1.70. The summed E-state index contributed by atoms with van der Waals surface area (Å²) >= 11 is 0. The molecule has 0 saturated carbocycles. The van der Waals surface area contributed by atoms with Crippen LogP contribution >= 0.6 is 0 Å². The molecule has 0 amide bonds. The van der Waals surface area contributed by atoms with E-state index in [2.05, 4.69) is 53.3 Å². The van der Waals surface area contributed by atoms with E-state index in [1.807, 2.05) is 12.1 Å². The average molecular weight is 347 g/mol. The molecule has 134 valence electrons. The fourth-order valence-electron chi connectivity index (χ4n) is 3.60. The van der Waals surface area contributed by atoms with Crippen molar-refractivity contribution < 1.29 is 4.74 Å². The summed E-state index contributed by atoms with van der Waals surface area (Å²) in [5, 5.41) is 8.62. The lowest BCUT2D eigenvalue weighted by atomic mass is 10.0. The lowest BCUT2D eigenvalue weighted by Gasteiger charge is -2.09. The smallest absolute Gasteiger partial charge is 0.133 e. The Hall–Kier alpha value is -2.75. The summed E-state index contributed by atoms with van der Waals surface area (Å²) in [4.78, 5) is 0. The Labute approximate surface area is 154 Å². The van der Waals surface area contributed by atoms with Crippen LogP contribution in [0, 0.1) is 6.92 Å². The van der Waals surface area contributed by atoms with Gasteiger partial charge in [-0.1, -0.05) is 24.3 Å². The highest BCUT2D eigenvalue weighted by molar-refractivity contribution is 5.55. The number of aromatic nitrogens is 2. The molecule has 1 N–H and O–H groups in total. The summed E-state index contributed by atoms with van der Waals surface area (Å²) in [6, 6.07) is 16.8. The van der Waals surface area contributed by atoms with Crippen LogP contribution in [0.5, 0.6) is 5.75 Å². The van der Waals surface area contributed by atoms with Gasteiger partial charge in [0.1, 0.15) is 11.6 Å².